The molecular formula is C18H15FN4OS. The molecule has 2 aromatic heterocycles. The molecule has 0 saturated carbocycles. The van der Waals surface area contributed by atoms with Gasteiger partial charge in [-0.15, -0.1) is 10.2 Å². The molecule has 0 atom stereocenters. The molecular weight excluding hydrogens is 339 g/mol. The van der Waals surface area contributed by atoms with Crippen molar-refractivity contribution in [3.05, 3.63) is 70.3 Å². The Hall–Kier alpha value is -2.67. The molecule has 126 valence electrons. The first-order valence-electron chi connectivity index (χ1n) is 7.85. The van der Waals surface area contributed by atoms with Crippen LogP contribution in [-0.4, -0.2) is 25.4 Å². The van der Waals surface area contributed by atoms with Crippen LogP contribution in [0.1, 0.15) is 5.56 Å². The van der Waals surface area contributed by atoms with E-state index in [0.29, 0.717) is 29.3 Å². The summed E-state index contributed by atoms with van der Waals surface area (Å²) in [7, 11) is 0. The number of aryl methyl sites for hydroxylation is 2. The van der Waals surface area contributed by atoms with Gasteiger partial charge in [-0.3, -0.25) is 13.8 Å². The van der Waals surface area contributed by atoms with Gasteiger partial charge in [0.1, 0.15) is 5.82 Å². The van der Waals surface area contributed by atoms with Gasteiger partial charge in [-0.25, -0.2) is 4.39 Å². The maximum absolute atomic E-state index is 14.4. The first-order valence-corrected chi connectivity index (χ1v) is 9.07. The first kappa shape index (κ1) is 15.8. The van der Waals surface area contributed by atoms with Gasteiger partial charge in [0.2, 0.25) is 5.78 Å². The Labute approximate surface area is 147 Å². The van der Waals surface area contributed by atoms with E-state index in [4.69, 9.17) is 0 Å². The highest BCUT2D eigenvalue weighted by molar-refractivity contribution is 7.98. The number of fused-ring (bicyclic) bond motifs is 3. The zero-order chi connectivity index (χ0) is 17.4. The predicted molar refractivity (Wildman–Crippen MR) is 96.6 cm³/mol. The maximum atomic E-state index is 14.4. The third kappa shape index (κ3) is 2.60. The number of rotatable bonds is 4. The SMILES string of the molecule is CSc1nnc2n(CCc3ccccc3)c(=O)c3cccc(F)c3n12. The lowest BCUT2D eigenvalue weighted by Gasteiger charge is -2.11. The van der Waals surface area contributed by atoms with Gasteiger partial charge >= 0.3 is 0 Å². The van der Waals surface area contributed by atoms with E-state index < -0.39 is 5.82 Å². The molecule has 0 aliphatic heterocycles. The second-order valence-electron chi connectivity index (χ2n) is 5.65. The molecule has 0 saturated heterocycles. The molecule has 0 N–H and O–H groups in total. The number of thioether (sulfide) groups is 1. The normalized spacial score (nSPS) is 11.4. The van der Waals surface area contributed by atoms with Crippen molar-refractivity contribution in [1.29, 1.82) is 0 Å². The number of para-hydroxylation sites is 1. The summed E-state index contributed by atoms with van der Waals surface area (Å²) in [6.07, 6.45) is 2.53. The van der Waals surface area contributed by atoms with Crippen molar-refractivity contribution < 1.29 is 4.39 Å². The van der Waals surface area contributed by atoms with Gasteiger partial charge in [-0.05, 0) is 30.4 Å². The minimum absolute atomic E-state index is 0.229. The van der Waals surface area contributed by atoms with E-state index >= 15 is 0 Å². The molecule has 0 spiro atoms. The molecule has 0 radical (unpaired) electrons. The van der Waals surface area contributed by atoms with Crippen molar-refractivity contribution in [1.82, 2.24) is 19.2 Å². The summed E-state index contributed by atoms with van der Waals surface area (Å²) in [5.74, 6) is -0.0900. The Bertz CT molecular complexity index is 1120. The number of aromatic nitrogens is 4. The molecule has 25 heavy (non-hydrogen) atoms. The minimum atomic E-state index is -0.454. The fourth-order valence-corrected chi connectivity index (χ4v) is 3.48. The van der Waals surface area contributed by atoms with Crippen molar-refractivity contribution in [2.75, 3.05) is 6.26 Å². The molecule has 0 fully saturated rings. The quantitative estimate of drug-likeness (QED) is 0.528. The lowest BCUT2D eigenvalue weighted by molar-refractivity contribution is 0.628. The van der Waals surface area contributed by atoms with Crippen LogP contribution < -0.4 is 5.56 Å². The van der Waals surface area contributed by atoms with Crippen molar-refractivity contribution in [3.63, 3.8) is 0 Å². The monoisotopic (exact) mass is 354 g/mol. The highest BCUT2D eigenvalue weighted by atomic mass is 32.2. The van der Waals surface area contributed by atoms with Gasteiger partial charge in [0, 0.05) is 6.54 Å². The van der Waals surface area contributed by atoms with E-state index in [1.54, 1.807) is 21.1 Å². The molecule has 4 aromatic rings. The standard InChI is InChI=1S/C18H15FN4OS/c1-25-18-21-20-17-22(11-10-12-6-3-2-4-7-12)16(24)13-8-5-9-14(19)15(13)23(17)18/h2-9H,10-11H2,1H3. The molecule has 7 heteroatoms. The van der Waals surface area contributed by atoms with Gasteiger partial charge < -0.3 is 0 Å². The molecule has 0 aliphatic carbocycles. The zero-order valence-corrected chi connectivity index (χ0v) is 14.3. The lowest BCUT2D eigenvalue weighted by Crippen LogP contribution is -2.24. The topological polar surface area (TPSA) is 52.2 Å². The second kappa shape index (κ2) is 6.33. The third-order valence-electron chi connectivity index (χ3n) is 4.19. The molecule has 0 unspecified atom stereocenters. The highest BCUT2D eigenvalue weighted by Crippen LogP contribution is 2.22. The van der Waals surface area contributed by atoms with E-state index in [1.165, 1.54) is 17.8 Å². The summed E-state index contributed by atoms with van der Waals surface area (Å²) in [6, 6.07) is 14.5. The Balaban J connectivity index is 1.95. The molecule has 5 nitrogen and oxygen atoms in total. The van der Waals surface area contributed by atoms with Gasteiger partial charge in [0.15, 0.2) is 5.16 Å². The van der Waals surface area contributed by atoms with E-state index in [2.05, 4.69) is 10.2 Å². The maximum Gasteiger partial charge on any atom is 0.262 e. The van der Waals surface area contributed by atoms with Crippen LogP contribution in [0.25, 0.3) is 16.7 Å². The first-order chi connectivity index (χ1) is 12.2. The van der Waals surface area contributed by atoms with Crippen molar-refractivity contribution in [2.45, 2.75) is 18.1 Å². The zero-order valence-electron chi connectivity index (χ0n) is 13.5. The van der Waals surface area contributed by atoms with Crippen molar-refractivity contribution in [2.24, 2.45) is 0 Å². The number of hydrogen-bond acceptors (Lipinski definition) is 4. The Kier molecular flexibility index (Phi) is 4.01. The number of hydrogen-bond donors (Lipinski definition) is 0. The smallest absolute Gasteiger partial charge is 0.262 e. The Morgan fingerprint density at radius 2 is 1.88 bits per heavy atom. The minimum Gasteiger partial charge on any atom is -0.276 e. The summed E-state index contributed by atoms with van der Waals surface area (Å²) in [5.41, 5.74) is 1.10. The summed E-state index contributed by atoms with van der Waals surface area (Å²) in [4.78, 5) is 12.9. The van der Waals surface area contributed by atoms with Gasteiger partial charge in [0.25, 0.3) is 5.56 Å². The Morgan fingerprint density at radius 3 is 2.64 bits per heavy atom. The summed E-state index contributed by atoms with van der Waals surface area (Å²) in [5, 5.41) is 9.14. The number of halogens is 1. The molecule has 2 heterocycles. The van der Waals surface area contributed by atoms with Gasteiger partial charge in [0.05, 0.1) is 10.9 Å². The van der Waals surface area contributed by atoms with Crippen LogP contribution in [0.3, 0.4) is 0 Å². The Morgan fingerprint density at radius 1 is 1.08 bits per heavy atom. The van der Waals surface area contributed by atoms with E-state index in [0.717, 1.165) is 5.56 Å². The van der Waals surface area contributed by atoms with E-state index in [-0.39, 0.29) is 11.1 Å². The van der Waals surface area contributed by atoms with Crippen molar-refractivity contribution in [3.8, 4) is 0 Å². The highest BCUT2D eigenvalue weighted by Gasteiger charge is 2.18. The van der Waals surface area contributed by atoms with E-state index in [1.807, 2.05) is 36.6 Å². The summed E-state index contributed by atoms with van der Waals surface area (Å²) < 4.78 is 17.6. The van der Waals surface area contributed by atoms with Crippen molar-refractivity contribution >= 4 is 28.4 Å². The van der Waals surface area contributed by atoms with Crippen LogP contribution in [-0.2, 0) is 13.0 Å². The predicted octanol–water partition coefficient (Wildman–Crippen LogP) is 3.15. The molecule has 0 amide bonds. The average molecular weight is 354 g/mol. The number of nitrogens with zero attached hydrogens (tertiary/aromatic N) is 4. The van der Waals surface area contributed by atoms with Crippen LogP contribution in [0.4, 0.5) is 4.39 Å². The van der Waals surface area contributed by atoms with Crippen LogP contribution >= 0.6 is 11.8 Å². The summed E-state index contributed by atoms with van der Waals surface area (Å²) in [6.45, 7) is 0.450. The lowest BCUT2D eigenvalue weighted by atomic mass is 10.1. The van der Waals surface area contributed by atoms with Gasteiger partial charge in [-0.1, -0.05) is 48.2 Å². The number of benzene rings is 2. The molecule has 0 aliphatic rings. The van der Waals surface area contributed by atoms with Gasteiger partial charge in [-0.2, -0.15) is 0 Å². The molecule has 2 aromatic carbocycles. The molecule has 0 bridgehead atoms. The third-order valence-corrected chi connectivity index (χ3v) is 4.82. The van der Waals surface area contributed by atoms with Crippen LogP contribution in [0.15, 0.2) is 58.5 Å². The molecule has 4 rings (SSSR count). The average Bonchev–Trinajstić information content (AvgIpc) is 3.06. The van der Waals surface area contributed by atoms with Crippen LogP contribution in [0.5, 0.6) is 0 Å². The van der Waals surface area contributed by atoms with Crippen LogP contribution in [0, 0.1) is 5.82 Å². The van der Waals surface area contributed by atoms with E-state index in [9.17, 15) is 9.18 Å². The fourth-order valence-electron chi connectivity index (χ4n) is 3.00. The largest absolute Gasteiger partial charge is 0.276 e. The second-order valence-corrected chi connectivity index (χ2v) is 6.42. The fraction of sp³-hybridized carbons (Fsp3) is 0.167. The summed E-state index contributed by atoms with van der Waals surface area (Å²) >= 11 is 1.36. The van der Waals surface area contributed by atoms with Crippen LogP contribution in [0.2, 0.25) is 0 Å².